The molecular formula is C29H31NO4. The summed E-state index contributed by atoms with van der Waals surface area (Å²) >= 11 is 0. The lowest BCUT2D eigenvalue weighted by atomic mass is 9.92. The Kier molecular flexibility index (Phi) is 8.74. The number of carboxylic acids is 1. The number of unbranched alkanes of at least 4 members (excludes halogenated alkanes) is 1. The summed E-state index contributed by atoms with van der Waals surface area (Å²) in [5.74, 6) is -1.42. The number of carbonyl (C=O) groups excluding carboxylic acids is 2. The van der Waals surface area contributed by atoms with E-state index in [1.807, 2.05) is 78.9 Å². The molecule has 34 heavy (non-hydrogen) atoms. The third kappa shape index (κ3) is 6.64. The molecule has 3 aromatic rings. The molecule has 3 aromatic carbocycles. The molecule has 5 nitrogen and oxygen atoms in total. The van der Waals surface area contributed by atoms with Crippen molar-refractivity contribution < 1.29 is 19.5 Å². The molecule has 0 aromatic heterocycles. The fourth-order valence-corrected chi connectivity index (χ4v) is 3.92. The standard InChI is InChI=1S/C29H31NO4/c1-21(29(33)34)24-17-18-26(22-11-5-3-6-12-22)25(19-24)20-30(2)28(32)16-10-9-15-27(31)23-13-7-4-8-14-23/h3-8,11-14,17-19,21H,9-10,15-16,20H2,1-2H3,(H,33,34). The zero-order valence-electron chi connectivity index (χ0n) is 19.7. The van der Waals surface area contributed by atoms with Crippen molar-refractivity contribution in [3.05, 3.63) is 95.6 Å². The third-order valence-electron chi connectivity index (χ3n) is 6.06. The summed E-state index contributed by atoms with van der Waals surface area (Å²) in [6.07, 6.45) is 2.09. The summed E-state index contributed by atoms with van der Waals surface area (Å²) in [6, 6.07) is 24.7. The molecule has 0 radical (unpaired) electrons. The smallest absolute Gasteiger partial charge is 0.310 e. The number of hydrogen-bond donors (Lipinski definition) is 1. The normalized spacial score (nSPS) is 11.6. The highest BCUT2D eigenvalue weighted by Gasteiger charge is 2.18. The molecular weight excluding hydrogens is 426 g/mol. The Labute approximate surface area is 201 Å². The van der Waals surface area contributed by atoms with Crippen molar-refractivity contribution in [3.63, 3.8) is 0 Å². The van der Waals surface area contributed by atoms with Crippen LogP contribution in [-0.2, 0) is 16.1 Å². The minimum Gasteiger partial charge on any atom is -0.481 e. The largest absolute Gasteiger partial charge is 0.481 e. The molecule has 0 aliphatic carbocycles. The highest BCUT2D eigenvalue weighted by atomic mass is 16.4. The first-order valence-electron chi connectivity index (χ1n) is 11.6. The van der Waals surface area contributed by atoms with Gasteiger partial charge in [-0.15, -0.1) is 0 Å². The Morgan fingerprint density at radius 1 is 0.853 bits per heavy atom. The Morgan fingerprint density at radius 3 is 2.12 bits per heavy atom. The van der Waals surface area contributed by atoms with Crippen LogP contribution in [0.3, 0.4) is 0 Å². The first-order valence-corrected chi connectivity index (χ1v) is 11.6. The number of rotatable bonds is 11. The minimum atomic E-state index is -0.882. The van der Waals surface area contributed by atoms with Gasteiger partial charge < -0.3 is 10.0 Å². The maximum atomic E-state index is 12.8. The molecule has 176 valence electrons. The monoisotopic (exact) mass is 457 g/mol. The van der Waals surface area contributed by atoms with Crippen LogP contribution >= 0.6 is 0 Å². The maximum Gasteiger partial charge on any atom is 0.310 e. The highest BCUT2D eigenvalue weighted by molar-refractivity contribution is 5.96. The minimum absolute atomic E-state index is 0.00265. The lowest BCUT2D eigenvalue weighted by Crippen LogP contribution is -2.26. The molecule has 1 unspecified atom stereocenters. The van der Waals surface area contributed by atoms with Gasteiger partial charge in [0.05, 0.1) is 5.92 Å². The molecule has 0 heterocycles. The van der Waals surface area contributed by atoms with Gasteiger partial charge in [-0.1, -0.05) is 78.9 Å². The lowest BCUT2D eigenvalue weighted by Gasteiger charge is -2.21. The van der Waals surface area contributed by atoms with Crippen molar-refractivity contribution in [1.29, 1.82) is 0 Å². The molecule has 0 fully saturated rings. The number of Topliss-reactive ketones (excluding diaryl/α,β-unsaturated/α-hetero) is 1. The molecule has 0 spiro atoms. The van der Waals surface area contributed by atoms with Crippen LogP contribution in [0, 0.1) is 0 Å². The number of amides is 1. The van der Waals surface area contributed by atoms with Crippen LogP contribution in [0.2, 0.25) is 0 Å². The third-order valence-corrected chi connectivity index (χ3v) is 6.06. The summed E-state index contributed by atoms with van der Waals surface area (Å²) in [7, 11) is 1.76. The molecule has 0 bridgehead atoms. The van der Waals surface area contributed by atoms with Gasteiger partial charge in [0.2, 0.25) is 5.91 Å². The summed E-state index contributed by atoms with van der Waals surface area (Å²) in [5, 5.41) is 9.43. The predicted molar refractivity (Wildman–Crippen MR) is 134 cm³/mol. The van der Waals surface area contributed by atoms with Crippen LogP contribution < -0.4 is 0 Å². The van der Waals surface area contributed by atoms with Crippen molar-refractivity contribution in [2.24, 2.45) is 0 Å². The van der Waals surface area contributed by atoms with E-state index in [0.717, 1.165) is 16.7 Å². The topological polar surface area (TPSA) is 74.7 Å². The molecule has 1 N–H and O–H groups in total. The van der Waals surface area contributed by atoms with E-state index in [0.29, 0.717) is 43.4 Å². The van der Waals surface area contributed by atoms with Gasteiger partial charge in [-0.2, -0.15) is 0 Å². The molecule has 0 aliphatic rings. The Balaban J connectivity index is 1.64. The van der Waals surface area contributed by atoms with E-state index in [4.69, 9.17) is 0 Å². The SMILES string of the molecule is CC(C(=O)O)c1ccc(-c2ccccc2)c(CN(C)C(=O)CCCCC(=O)c2ccccc2)c1. The van der Waals surface area contributed by atoms with E-state index >= 15 is 0 Å². The molecule has 0 saturated carbocycles. The molecule has 0 aliphatic heterocycles. The van der Waals surface area contributed by atoms with E-state index in [2.05, 4.69) is 0 Å². The van der Waals surface area contributed by atoms with Crippen LogP contribution in [0.25, 0.3) is 11.1 Å². The fraction of sp³-hybridized carbons (Fsp3) is 0.276. The number of ketones is 1. The average Bonchev–Trinajstić information content (AvgIpc) is 2.86. The molecule has 1 amide bonds. The van der Waals surface area contributed by atoms with Crippen LogP contribution in [0.15, 0.2) is 78.9 Å². The van der Waals surface area contributed by atoms with E-state index in [1.54, 1.807) is 18.9 Å². The molecule has 3 rings (SSSR count). The van der Waals surface area contributed by atoms with Gasteiger partial charge in [0.1, 0.15) is 0 Å². The lowest BCUT2D eigenvalue weighted by molar-refractivity contribution is -0.138. The summed E-state index contributed by atoms with van der Waals surface area (Å²) in [4.78, 5) is 38.2. The van der Waals surface area contributed by atoms with Crippen LogP contribution in [-0.4, -0.2) is 34.7 Å². The number of aliphatic carboxylic acids is 1. The molecule has 5 heteroatoms. The number of hydrogen-bond acceptors (Lipinski definition) is 3. The van der Waals surface area contributed by atoms with Gasteiger partial charge in [-0.3, -0.25) is 14.4 Å². The van der Waals surface area contributed by atoms with Gasteiger partial charge >= 0.3 is 5.97 Å². The van der Waals surface area contributed by atoms with Crippen LogP contribution in [0.1, 0.15) is 60.0 Å². The quantitative estimate of drug-likeness (QED) is 0.285. The van der Waals surface area contributed by atoms with E-state index < -0.39 is 11.9 Å². The van der Waals surface area contributed by atoms with Crippen LogP contribution in [0.4, 0.5) is 0 Å². The molecule has 1 atom stereocenters. The van der Waals surface area contributed by atoms with Crippen molar-refractivity contribution in [1.82, 2.24) is 4.90 Å². The van der Waals surface area contributed by atoms with Gasteiger partial charge in [0, 0.05) is 32.0 Å². The Hall–Kier alpha value is -3.73. The Morgan fingerprint density at radius 2 is 1.47 bits per heavy atom. The average molecular weight is 458 g/mol. The highest BCUT2D eigenvalue weighted by Crippen LogP contribution is 2.28. The summed E-state index contributed by atoms with van der Waals surface area (Å²) in [6.45, 7) is 2.04. The predicted octanol–water partition coefficient (Wildman–Crippen LogP) is 5.94. The van der Waals surface area contributed by atoms with Crippen molar-refractivity contribution in [2.75, 3.05) is 7.05 Å². The second-order valence-corrected chi connectivity index (χ2v) is 8.59. The fourth-order valence-electron chi connectivity index (χ4n) is 3.92. The maximum absolute atomic E-state index is 12.8. The van der Waals surface area contributed by atoms with E-state index in [1.165, 1.54) is 0 Å². The number of carboxylic acid groups (broad SMARTS) is 1. The summed E-state index contributed by atoms with van der Waals surface area (Å²) in [5.41, 5.74) is 4.33. The zero-order valence-corrected chi connectivity index (χ0v) is 19.7. The van der Waals surface area contributed by atoms with E-state index in [-0.39, 0.29) is 11.7 Å². The second-order valence-electron chi connectivity index (χ2n) is 8.59. The van der Waals surface area contributed by atoms with Gasteiger partial charge in [0.25, 0.3) is 0 Å². The summed E-state index contributed by atoms with van der Waals surface area (Å²) < 4.78 is 0. The van der Waals surface area contributed by atoms with Crippen molar-refractivity contribution in [3.8, 4) is 11.1 Å². The zero-order chi connectivity index (χ0) is 24.5. The van der Waals surface area contributed by atoms with Gasteiger partial charge in [0.15, 0.2) is 5.78 Å². The van der Waals surface area contributed by atoms with E-state index in [9.17, 15) is 19.5 Å². The van der Waals surface area contributed by atoms with Crippen LogP contribution in [0.5, 0.6) is 0 Å². The number of carbonyl (C=O) groups is 3. The molecule has 0 saturated heterocycles. The van der Waals surface area contributed by atoms with Crippen molar-refractivity contribution >= 4 is 17.7 Å². The number of nitrogens with zero attached hydrogens (tertiary/aromatic N) is 1. The first kappa shape index (κ1) is 24.9. The van der Waals surface area contributed by atoms with Crippen molar-refractivity contribution in [2.45, 2.75) is 45.1 Å². The van der Waals surface area contributed by atoms with Gasteiger partial charge in [-0.05, 0) is 42.0 Å². The second kappa shape index (κ2) is 11.9. The Bertz CT molecular complexity index is 1130. The number of benzene rings is 3. The van der Waals surface area contributed by atoms with Gasteiger partial charge in [-0.25, -0.2) is 0 Å². The first-order chi connectivity index (χ1) is 16.4.